The lowest BCUT2D eigenvalue weighted by atomic mass is 10.3. The minimum atomic E-state index is -4.05. The van der Waals surface area contributed by atoms with Gasteiger partial charge in [0.2, 0.25) is 10.0 Å². The number of ether oxygens (including phenoxy) is 1. The van der Waals surface area contributed by atoms with Crippen LogP contribution in [0.15, 0.2) is 51.2 Å². The largest absolute Gasteiger partial charge is 0.480 e. The number of benzene rings is 1. The van der Waals surface area contributed by atoms with Crippen LogP contribution in [0.2, 0.25) is 0 Å². The first-order valence-corrected chi connectivity index (χ1v) is 9.21. The highest BCUT2D eigenvalue weighted by atomic mass is 32.2. The Labute approximate surface area is 145 Å². The summed E-state index contributed by atoms with van der Waals surface area (Å²) in [6.45, 7) is -0.0789. The van der Waals surface area contributed by atoms with Crippen LogP contribution in [-0.4, -0.2) is 18.5 Å². The lowest BCUT2D eigenvalue weighted by Gasteiger charge is -2.06. The molecule has 0 bridgehead atoms. The topological polar surface area (TPSA) is 139 Å². The van der Waals surface area contributed by atoms with Crippen molar-refractivity contribution in [2.24, 2.45) is 5.14 Å². The van der Waals surface area contributed by atoms with Gasteiger partial charge < -0.3 is 9.26 Å². The van der Waals surface area contributed by atoms with Crippen molar-refractivity contribution in [1.82, 2.24) is 5.16 Å². The number of primary sulfonamides is 1. The highest BCUT2D eigenvalue weighted by Crippen LogP contribution is 2.30. The predicted molar refractivity (Wildman–Crippen MR) is 88.6 cm³/mol. The SMILES string of the molecule is NS(=O)(=O)c1ccc(OCc2cc(-c3cccs3)on2)c([N+](=O)[O-])c1. The molecule has 11 heteroatoms. The Morgan fingerprint density at radius 3 is 2.76 bits per heavy atom. The van der Waals surface area contributed by atoms with E-state index in [-0.39, 0.29) is 17.3 Å². The molecule has 2 N–H and O–H groups in total. The van der Waals surface area contributed by atoms with Crippen LogP contribution in [0.5, 0.6) is 5.75 Å². The summed E-state index contributed by atoms with van der Waals surface area (Å²) < 4.78 is 33.2. The van der Waals surface area contributed by atoms with E-state index >= 15 is 0 Å². The van der Waals surface area contributed by atoms with Gasteiger partial charge in [0, 0.05) is 12.1 Å². The maximum absolute atomic E-state index is 11.3. The van der Waals surface area contributed by atoms with E-state index in [0.717, 1.165) is 17.0 Å². The third kappa shape index (κ3) is 3.84. The molecule has 0 aliphatic heterocycles. The summed E-state index contributed by atoms with van der Waals surface area (Å²) in [5.74, 6) is 0.464. The lowest BCUT2D eigenvalue weighted by molar-refractivity contribution is -0.386. The van der Waals surface area contributed by atoms with E-state index in [1.54, 1.807) is 6.07 Å². The van der Waals surface area contributed by atoms with E-state index in [4.69, 9.17) is 14.4 Å². The number of nitro groups is 1. The molecular formula is C14H11N3O6S2. The van der Waals surface area contributed by atoms with Crippen LogP contribution in [0.1, 0.15) is 5.69 Å². The molecule has 0 radical (unpaired) electrons. The van der Waals surface area contributed by atoms with E-state index in [2.05, 4.69) is 5.16 Å². The fourth-order valence-corrected chi connectivity index (χ4v) is 3.21. The van der Waals surface area contributed by atoms with Crippen molar-refractivity contribution in [3.63, 3.8) is 0 Å². The van der Waals surface area contributed by atoms with E-state index in [9.17, 15) is 18.5 Å². The standard InChI is InChI=1S/C14H11N3O6S2/c15-25(20,21)10-3-4-12(11(7-10)17(18)19)22-8-9-6-13(23-16-9)14-2-1-5-24-14/h1-7H,8H2,(H2,15,20,21). The van der Waals surface area contributed by atoms with Crippen LogP contribution < -0.4 is 9.88 Å². The second-order valence-corrected chi connectivity index (χ2v) is 7.39. The molecule has 0 saturated carbocycles. The third-order valence-corrected chi connectivity index (χ3v) is 4.95. The summed E-state index contributed by atoms with van der Waals surface area (Å²) in [5, 5.41) is 21.8. The summed E-state index contributed by atoms with van der Waals surface area (Å²) in [5.41, 5.74) is -0.0679. The number of hydrogen-bond donors (Lipinski definition) is 1. The number of rotatable bonds is 6. The molecule has 3 aromatic rings. The van der Waals surface area contributed by atoms with Crippen LogP contribution in [0.4, 0.5) is 5.69 Å². The molecule has 0 spiro atoms. The summed E-state index contributed by atoms with van der Waals surface area (Å²) in [4.78, 5) is 10.9. The van der Waals surface area contributed by atoms with E-state index in [1.165, 1.54) is 17.4 Å². The summed E-state index contributed by atoms with van der Waals surface area (Å²) in [6.07, 6.45) is 0. The first-order valence-electron chi connectivity index (χ1n) is 6.78. The molecular weight excluding hydrogens is 370 g/mol. The zero-order valence-corrected chi connectivity index (χ0v) is 14.1. The average Bonchev–Trinajstić information content (AvgIpc) is 3.22. The van der Waals surface area contributed by atoms with Crippen molar-refractivity contribution in [1.29, 1.82) is 0 Å². The molecule has 0 aliphatic carbocycles. The Hall–Kier alpha value is -2.76. The summed E-state index contributed by atoms with van der Waals surface area (Å²) in [6, 6.07) is 8.57. The van der Waals surface area contributed by atoms with Crippen molar-refractivity contribution >= 4 is 27.0 Å². The lowest BCUT2D eigenvalue weighted by Crippen LogP contribution is -2.12. The maximum atomic E-state index is 11.3. The Morgan fingerprint density at radius 2 is 2.12 bits per heavy atom. The molecule has 0 atom stereocenters. The van der Waals surface area contributed by atoms with Crippen LogP contribution in [0.3, 0.4) is 0 Å². The number of nitro benzene ring substituents is 1. The minimum Gasteiger partial charge on any atom is -0.480 e. The minimum absolute atomic E-state index is 0.0789. The molecule has 130 valence electrons. The number of hydrogen-bond acceptors (Lipinski definition) is 8. The first-order chi connectivity index (χ1) is 11.8. The van der Waals surface area contributed by atoms with Crippen molar-refractivity contribution < 1.29 is 22.6 Å². The Bertz CT molecular complexity index is 1010. The predicted octanol–water partition coefficient (Wildman–Crippen LogP) is 2.54. The van der Waals surface area contributed by atoms with Gasteiger partial charge in [-0.1, -0.05) is 11.2 Å². The maximum Gasteiger partial charge on any atom is 0.312 e. The van der Waals surface area contributed by atoms with Gasteiger partial charge in [-0.15, -0.1) is 11.3 Å². The smallest absolute Gasteiger partial charge is 0.312 e. The molecule has 0 amide bonds. The molecule has 0 unspecified atom stereocenters. The summed E-state index contributed by atoms with van der Waals surface area (Å²) in [7, 11) is -4.05. The molecule has 25 heavy (non-hydrogen) atoms. The van der Waals surface area contributed by atoms with Gasteiger partial charge in [0.15, 0.2) is 11.5 Å². The van der Waals surface area contributed by atoms with Gasteiger partial charge in [0.25, 0.3) is 0 Å². The van der Waals surface area contributed by atoms with E-state index in [0.29, 0.717) is 11.5 Å². The van der Waals surface area contributed by atoms with Crippen molar-refractivity contribution in [2.75, 3.05) is 0 Å². The van der Waals surface area contributed by atoms with Crippen molar-refractivity contribution in [2.45, 2.75) is 11.5 Å². The van der Waals surface area contributed by atoms with Gasteiger partial charge >= 0.3 is 5.69 Å². The second-order valence-electron chi connectivity index (χ2n) is 4.88. The van der Waals surface area contributed by atoms with Gasteiger partial charge in [-0.05, 0) is 23.6 Å². The highest BCUT2D eigenvalue weighted by Gasteiger charge is 2.20. The molecule has 2 heterocycles. The van der Waals surface area contributed by atoms with Gasteiger partial charge in [-0.3, -0.25) is 10.1 Å². The molecule has 0 fully saturated rings. The number of nitrogens with two attached hydrogens (primary N) is 1. The molecule has 0 aliphatic rings. The van der Waals surface area contributed by atoms with Crippen LogP contribution in [-0.2, 0) is 16.6 Å². The number of nitrogens with zero attached hydrogens (tertiary/aromatic N) is 2. The fraction of sp³-hybridized carbons (Fsp3) is 0.0714. The monoisotopic (exact) mass is 381 g/mol. The molecule has 3 rings (SSSR count). The average molecular weight is 381 g/mol. The van der Waals surface area contributed by atoms with E-state index in [1.807, 2.05) is 17.5 Å². The third-order valence-electron chi connectivity index (χ3n) is 3.15. The Kier molecular flexibility index (Phi) is 4.53. The van der Waals surface area contributed by atoms with Crippen LogP contribution in [0, 0.1) is 10.1 Å². The van der Waals surface area contributed by atoms with E-state index < -0.39 is 20.6 Å². The van der Waals surface area contributed by atoms with Gasteiger partial charge in [-0.2, -0.15) is 0 Å². The highest BCUT2D eigenvalue weighted by molar-refractivity contribution is 7.89. The van der Waals surface area contributed by atoms with Crippen LogP contribution >= 0.6 is 11.3 Å². The van der Waals surface area contributed by atoms with Crippen molar-refractivity contribution in [3.05, 3.63) is 57.6 Å². The second kappa shape index (κ2) is 6.63. The Morgan fingerprint density at radius 1 is 1.32 bits per heavy atom. The molecule has 2 aromatic heterocycles. The number of thiophene rings is 1. The number of aromatic nitrogens is 1. The molecule has 0 saturated heterocycles. The number of sulfonamides is 1. The molecule has 9 nitrogen and oxygen atoms in total. The van der Waals surface area contributed by atoms with Gasteiger partial charge in [0.05, 0.1) is 14.7 Å². The van der Waals surface area contributed by atoms with Crippen molar-refractivity contribution in [3.8, 4) is 16.4 Å². The first kappa shape index (κ1) is 17.1. The fourth-order valence-electron chi connectivity index (χ4n) is 2.01. The summed E-state index contributed by atoms with van der Waals surface area (Å²) >= 11 is 1.48. The molecule has 1 aromatic carbocycles. The quantitative estimate of drug-likeness (QED) is 0.511. The van der Waals surface area contributed by atoms with Crippen LogP contribution in [0.25, 0.3) is 10.6 Å². The Balaban J connectivity index is 1.80. The zero-order valence-electron chi connectivity index (χ0n) is 12.5. The van der Waals surface area contributed by atoms with Gasteiger partial charge in [-0.25, -0.2) is 13.6 Å². The zero-order chi connectivity index (χ0) is 18.0. The van der Waals surface area contributed by atoms with Gasteiger partial charge in [0.1, 0.15) is 12.3 Å². The normalized spacial score (nSPS) is 11.4.